The van der Waals surface area contributed by atoms with Crippen molar-refractivity contribution in [3.05, 3.63) is 64.8 Å². The van der Waals surface area contributed by atoms with Gasteiger partial charge >= 0.3 is 6.03 Å². The van der Waals surface area contributed by atoms with E-state index in [9.17, 15) is 28.8 Å². The van der Waals surface area contributed by atoms with Crippen LogP contribution in [0.15, 0.2) is 42.5 Å². The molecule has 7 heterocycles. The van der Waals surface area contributed by atoms with Crippen LogP contribution in [0.3, 0.4) is 0 Å². The molecule has 61 heavy (non-hydrogen) atoms. The van der Waals surface area contributed by atoms with Gasteiger partial charge in [-0.3, -0.25) is 34.2 Å². The number of amides is 7. The molecule has 6 aliphatic rings. The highest BCUT2D eigenvalue weighted by atomic mass is 16.2. The number of aromatic nitrogens is 3. The summed E-state index contributed by atoms with van der Waals surface area (Å²) in [7, 11) is 1.82. The molecule has 1 aromatic heterocycles. The molecule has 0 radical (unpaired) electrons. The van der Waals surface area contributed by atoms with Gasteiger partial charge in [0.25, 0.3) is 17.7 Å². The van der Waals surface area contributed by atoms with Crippen LogP contribution in [0.4, 0.5) is 27.9 Å². The van der Waals surface area contributed by atoms with E-state index in [1.807, 2.05) is 35.0 Å². The molecule has 3 atom stereocenters. The first-order chi connectivity index (χ1) is 29.3. The summed E-state index contributed by atoms with van der Waals surface area (Å²) >= 11 is 0. The molecule has 3 unspecified atom stereocenters. The first-order valence-corrected chi connectivity index (χ1v) is 21.4. The quantitative estimate of drug-likeness (QED) is 0.251. The van der Waals surface area contributed by atoms with Gasteiger partial charge in [0.2, 0.25) is 17.8 Å². The second-order valence-corrected chi connectivity index (χ2v) is 17.7. The van der Waals surface area contributed by atoms with Crippen LogP contribution in [0.25, 0.3) is 0 Å². The Balaban J connectivity index is 0.787. The van der Waals surface area contributed by atoms with Crippen LogP contribution >= 0.6 is 0 Å². The van der Waals surface area contributed by atoms with Crippen LogP contribution in [-0.2, 0) is 15.0 Å². The molecule has 5 saturated heterocycles. The lowest BCUT2D eigenvalue weighted by atomic mass is 9.74. The number of primary amides is 1. The lowest BCUT2D eigenvalue weighted by Gasteiger charge is -2.40. The molecule has 0 saturated carbocycles. The zero-order valence-electron chi connectivity index (χ0n) is 34.6. The van der Waals surface area contributed by atoms with E-state index < -0.39 is 35.6 Å². The number of rotatable bonds is 10. The Morgan fingerprint density at radius 2 is 1.64 bits per heavy atom. The second kappa shape index (κ2) is 16.0. The smallest absolute Gasteiger partial charge is 0.320 e. The first-order valence-electron chi connectivity index (χ1n) is 21.4. The Bertz CT molecular complexity index is 2280. The number of urea groups is 1. The largest absolute Gasteiger partial charge is 0.371 e. The highest BCUT2D eigenvalue weighted by Crippen LogP contribution is 2.38. The van der Waals surface area contributed by atoms with Gasteiger partial charge < -0.3 is 35.6 Å². The minimum absolute atomic E-state index is 0.00873. The Hall–Kier alpha value is -6.17. The number of hydrogen-bond donors (Lipinski definition) is 3. The summed E-state index contributed by atoms with van der Waals surface area (Å²) in [6, 6.07) is 12.7. The van der Waals surface area contributed by atoms with Crippen molar-refractivity contribution in [3.8, 4) is 0 Å². The molecule has 3 aromatic rings. The number of carbonyl (C=O) groups is 6. The maximum Gasteiger partial charge on any atom is 0.320 e. The minimum Gasteiger partial charge on any atom is -0.371 e. The Kier molecular flexibility index (Phi) is 10.6. The summed E-state index contributed by atoms with van der Waals surface area (Å²) in [6.07, 6.45) is 5.02. The van der Waals surface area contributed by atoms with Gasteiger partial charge in [0.05, 0.1) is 17.2 Å². The van der Waals surface area contributed by atoms with Crippen molar-refractivity contribution in [1.29, 1.82) is 0 Å². The summed E-state index contributed by atoms with van der Waals surface area (Å²) in [4.78, 5) is 92.0. The van der Waals surface area contributed by atoms with Crippen molar-refractivity contribution in [1.82, 2.24) is 40.1 Å². The van der Waals surface area contributed by atoms with E-state index in [2.05, 4.69) is 49.7 Å². The molecular formula is C43H52N12O6. The minimum atomic E-state index is -0.981. The van der Waals surface area contributed by atoms with Crippen molar-refractivity contribution in [2.24, 2.45) is 11.7 Å². The van der Waals surface area contributed by atoms with E-state index in [0.29, 0.717) is 49.2 Å². The zero-order chi connectivity index (χ0) is 42.6. The third-order valence-electron chi connectivity index (χ3n) is 13.7. The first kappa shape index (κ1) is 40.2. The Morgan fingerprint density at radius 1 is 0.869 bits per heavy atom. The number of nitrogens with two attached hydrogens (primary N) is 1. The highest BCUT2D eigenvalue weighted by Gasteiger charge is 2.45. The average Bonchev–Trinajstić information content (AvgIpc) is 3.93. The Morgan fingerprint density at radius 3 is 2.36 bits per heavy atom. The molecule has 7 amide bonds. The molecule has 2 aromatic carbocycles. The number of hydrogen-bond acceptors (Lipinski definition) is 13. The number of nitrogens with one attached hydrogen (secondary N) is 2. The predicted octanol–water partition coefficient (Wildman–Crippen LogP) is 2.33. The zero-order valence-corrected chi connectivity index (χ0v) is 34.6. The molecule has 18 nitrogen and oxygen atoms in total. The number of likely N-dealkylation sites (N-methyl/N-ethyl adjacent to an activating group) is 1. The fraction of sp³-hybridized carbons (Fsp3) is 0.512. The third-order valence-corrected chi connectivity index (χ3v) is 13.7. The predicted molar refractivity (Wildman–Crippen MR) is 224 cm³/mol. The molecule has 0 aliphatic carbocycles. The summed E-state index contributed by atoms with van der Waals surface area (Å²) in [5.74, 6) is -1.64. The number of anilines is 4. The van der Waals surface area contributed by atoms with Crippen molar-refractivity contribution in [3.63, 3.8) is 0 Å². The van der Waals surface area contributed by atoms with Gasteiger partial charge in [-0.15, -0.1) is 10.2 Å². The molecule has 5 fully saturated rings. The van der Waals surface area contributed by atoms with E-state index in [4.69, 9.17) is 10.7 Å². The molecule has 320 valence electrons. The molecule has 18 heteroatoms. The van der Waals surface area contributed by atoms with Gasteiger partial charge in [0, 0.05) is 70.7 Å². The van der Waals surface area contributed by atoms with Crippen molar-refractivity contribution < 1.29 is 28.8 Å². The number of nitrogens with zero attached hydrogens (tertiary/aromatic N) is 9. The number of carbonyl (C=O) groups excluding carboxylic acids is 6. The van der Waals surface area contributed by atoms with Crippen LogP contribution in [0, 0.1) is 5.92 Å². The summed E-state index contributed by atoms with van der Waals surface area (Å²) < 4.78 is 0. The summed E-state index contributed by atoms with van der Waals surface area (Å²) in [5, 5.41) is 13.9. The molecule has 4 N–H and O–H groups in total. The third kappa shape index (κ3) is 7.72. The fourth-order valence-electron chi connectivity index (χ4n) is 9.95. The lowest BCUT2D eigenvalue weighted by Crippen LogP contribution is -2.54. The number of benzene rings is 2. The van der Waals surface area contributed by atoms with Gasteiger partial charge in [-0.1, -0.05) is 19.1 Å². The van der Waals surface area contributed by atoms with Crippen molar-refractivity contribution >= 4 is 58.7 Å². The maximum atomic E-state index is 13.4. The Labute approximate surface area is 353 Å². The molecule has 9 rings (SSSR count). The van der Waals surface area contributed by atoms with Crippen molar-refractivity contribution in [2.75, 3.05) is 81.1 Å². The van der Waals surface area contributed by atoms with Crippen LogP contribution < -0.4 is 26.2 Å². The van der Waals surface area contributed by atoms with Gasteiger partial charge in [-0.25, -0.2) is 4.79 Å². The van der Waals surface area contributed by atoms with Gasteiger partial charge in [-0.05, 0) is 98.8 Å². The van der Waals surface area contributed by atoms with E-state index in [1.165, 1.54) is 5.56 Å². The number of likely N-dealkylation sites (tertiary alicyclic amines) is 1. The molecule has 6 aliphatic heterocycles. The monoisotopic (exact) mass is 832 g/mol. The van der Waals surface area contributed by atoms with E-state index in [1.54, 1.807) is 17.0 Å². The van der Waals surface area contributed by atoms with Gasteiger partial charge in [0.1, 0.15) is 6.04 Å². The van der Waals surface area contributed by atoms with E-state index in [-0.39, 0.29) is 41.8 Å². The van der Waals surface area contributed by atoms with Crippen molar-refractivity contribution in [2.45, 2.75) is 69.4 Å². The molecular weight excluding hydrogens is 781 g/mol. The number of fused-ring (bicyclic) bond motifs is 1. The van der Waals surface area contributed by atoms with Crippen LogP contribution in [0.1, 0.15) is 88.6 Å². The second-order valence-electron chi connectivity index (χ2n) is 17.7. The van der Waals surface area contributed by atoms with E-state index >= 15 is 0 Å². The standard InChI is InChI=1S/C43H52N12O6/c1-43(27-5-7-28(8-6-27)45-37-35(36(44)57)48-49-41(47-37)53-16-3-4-30(25-53)54-21-20-50(2)42(54)61)14-18-51(19-15-43)23-26-13-17-52(24-26)29-9-10-31-32(22-29)40(60)55(39(31)59)33-11-12-34(56)46-38(33)58/h5-10,22,26,30,33H,3-4,11-21,23-25H2,1-2H3,(H2,44,57)(H,45,47,49)(H,46,56,58). The SMILES string of the molecule is CN1CCN(C2CCCN(c3nnc(C(N)=O)c(Nc4ccc(C5(C)CCN(CC6CCN(c7ccc8c(c7)C(=O)N(C7CCC(=O)NC7=O)C8=O)C6)CC5)cc4)n3)C2)C1=O. The van der Waals surface area contributed by atoms with E-state index in [0.717, 1.165) is 81.1 Å². The van der Waals surface area contributed by atoms with Gasteiger partial charge in [0.15, 0.2) is 11.5 Å². The van der Waals surface area contributed by atoms with Gasteiger partial charge in [-0.2, -0.15) is 4.98 Å². The van der Waals surface area contributed by atoms with Crippen LogP contribution in [-0.4, -0.2) is 148 Å². The van der Waals surface area contributed by atoms with Crippen LogP contribution in [0.2, 0.25) is 0 Å². The number of imide groups is 2. The fourth-order valence-corrected chi connectivity index (χ4v) is 9.95. The summed E-state index contributed by atoms with van der Waals surface area (Å²) in [5.41, 5.74) is 9.11. The topological polar surface area (TPSA) is 211 Å². The molecule has 0 spiro atoms. The van der Waals surface area contributed by atoms with Crippen LogP contribution in [0.5, 0.6) is 0 Å². The normalized spacial score (nSPS) is 24.5. The maximum absolute atomic E-state index is 13.4. The lowest BCUT2D eigenvalue weighted by molar-refractivity contribution is -0.136. The average molecular weight is 833 g/mol. The highest BCUT2D eigenvalue weighted by molar-refractivity contribution is 6.23. The number of piperidine rings is 3. The summed E-state index contributed by atoms with van der Waals surface area (Å²) in [6.45, 7) is 9.62. The molecule has 0 bridgehead atoms.